The van der Waals surface area contributed by atoms with Gasteiger partial charge in [-0.3, -0.25) is 4.98 Å². The third kappa shape index (κ3) is 2.58. The van der Waals surface area contributed by atoms with Gasteiger partial charge in [-0.25, -0.2) is 0 Å². The Morgan fingerprint density at radius 3 is 2.25 bits per heavy atom. The first kappa shape index (κ1) is 11.1. The SMILES string of the molecule is C[Si](C)(Cc1ccccn1)c1ccccc1. The first-order chi connectivity index (χ1) is 7.68. The molecule has 82 valence electrons. The van der Waals surface area contributed by atoms with Gasteiger partial charge in [-0.05, 0) is 18.2 Å². The molecule has 0 saturated heterocycles. The van der Waals surface area contributed by atoms with Crippen LogP contribution in [0.1, 0.15) is 5.69 Å². The maximum Gasteiger partial charge on any atom is 0.0864 e. The molecule has 0 atom stereocenters. The van der Waals surface area contributed by atoms with Gasteiger partial charge in [0.1, 0.15) is 0 Å². The van der Waals surface area contributed by atoms with Crippen molar-refractivity contribution in [2.75, 3.05) is 0 Å². The Morgan fingerprint density at radius 2 is 1.62 bits per heavy atom. The fourth-order valence-corrected chi connectivity index (χ4v) is 4.36. The van der Waals surface area contributed by atoms with E-state index in [1.807, 2.05) is 12.3 Å². The molecule has 16 heavy (non-hydrogen) atoms. The van der Waals surface area contributed by atoms with Gasteiger partial charge in [0.15, 0.2) is 0 Å². The van der Waals surface area contributed by atoms with Crippen molar-refractivity contribution in [3.8, 4) is 0 Å². The van der Waals surface area contributed by atoms with E-state index in [0.717, 1.165) is 6.04 Å². The molecule has 2 heteroatoms. The highest BCUT2D eigenvalue weighted by molar-refractivity contribution is 6.89. The number of hydrogen-bond donors (Lipinski definition) is 0. The summed E-state index contributed by atoms with van der Waals surface area (Å²) in [7, 11) is -1.38. The maximum absolute atomic E-state index is 4.42. The van der Waals surface area contributed by atoms with Crippen molar-refractivity contribution in [3.63, 3.8) is 0 Å². The predicted octanol–water partition coefficient (Wildman–Crippen LogP) is 2.78. The standard InChI is InChI=1S/C14H17NSi/c1-16(2,14-9-4-3-5-10-14)12-13-8-6-7-11-15-13/h3-11H,12H2,1-2H3. The Morgan fingerprint density at radius 1 is 0.938 bits per heavy atom. The van der Waals surface area contributed by atoms with Crippen LogP contribution in [0.15, 0.2) is 54.7 Å². The molecule has 0 unspecified atom stereocenters. The summed E-state index contributed by atoms with van der Waals surface area (Å²) < 4.78 is 0. The molecule has 0 fully saturated rings. The zero-order chi connectivity index (χ0) is 11.4. The summed E-state index contributed by atoms with van der Waals surface area (Å²) in [5, 5.41) is 1.50. The van der Waals surface area contributed by atoms with E-state index in [1.54, 1.807) is 0 Å². The van der Waals surface area contributed by atoms with Gasteiger partial charge in [-0.2, -0.15) is 0 Å². The molecule has 0 radical (unpaired) electrons. The van der Waals surface area contributed by atoms with Gasteiger partial charge < -0.3 is 0 Å². The van der Waals surface area contributed by atoms with Gasteiger partial charge in [0, 0.05) is 11.9 Å². The lowest BCUT2D eigenvalue weighted by Gasteiger charge is -2.22. The zero-order valence-electron chi connectivity index (χ0n) is 9.85. The van der Waals surface area contributed by atoms with Crippen LogP contribution in [0.3, 0.4) is 0 Å². The van der Waals surface area contributed by atoms with Crippen LogP contribution in [0.25, 0.3) is 0 Å². The molecule has 0 spiro atoms. The molecule has 0 aliphatic carbocycles. The van der Waals surface area contributed by atoms with Gasteiger partial charge in [-0.15, -0.1) is 0 Å². The molecule has 0 aliphatic rings. The number of nitrogens with zero attached hydrogens (tertiary/aromatic N) is 1. The lowest BCUT2D eigenvalue weighted by atomic mass is 10.4. The number of rotatable bonds is 3. The van der Waals surface area contributed by atoms with Crippen LogP contribution < -0.4 is 5.19 Å². The van der Waals surface area contributed by atoms with Crippen LogP contribution in [0.4, 0.5) is 0 Å². The maximum atomic E-state index is 4.42. The molecule has 2 rings (SSSR count). The summed E-state index contributed by atoms with van der Waals surface area (Å²) in [5.41, 5.74) is 1.21. The molecule has 1 nitrogen and oxygen atoms in total. The average molecular weight is 227 g/mol. The first-order valence-electron chi connectivity index (χ1n) is 5.64. The molecule has 2 aromatic rings. The summed E-state index contributed by atoms with van der Waals surface area (Å²) in [4.78, 5) is 4.42. The highest BCUT2D eigenvalue weighted by Crippen LogP contribution is 2.10. The molecule has 1 heterocycles. The minimum atomic E-state index is -1.38. The molecule has 0 N–H and O–H groups in total. The topological polar surface area (TPSA) is 12.9 Å². The summed E-state index contributed by atoms with van der Waals surface area (Å²) in [6.07, 6.45) is 1.88. The summed E-state index contributed by atoms with van der Waals surface area (Å²) >= 11 is 0. The second-order valence-electron chi connectivity index (χ2n) is 4.75. The lowest BCUT2D eigenvalue weighted by molar-refractivity contribution is 1.14. The van der Waals surface area contributed by atoms with Crippen molar-refractivity contribution in [2.45, 2.75) is 19.1 Å². The monoisotopic (exact) mass is 227 g/mol. The minimum Gasteiger partial charge on any atom is -0.262 e. The average Bonchev–Trinajstić information content (AvgIpc) is 2.31. The van der Waals surface area contributed by atoms with Gasteiger partial charge in [0.25, 0.3) is 0 Å². The zero-order valence-corrected chi connectivity index (χ0v) is 10.9. The molecule has 1 aromatic heterocycles. The lowest BCUT2D eigenvalue weighted by Crippen LogP contribution is -2.44. The summed E-state index contributed by atoms with van der Waals surface area (Å²) in [5.74, 6) is 0. The van der Waals surface area contributed by atoms with Crippen LogP contribution in [0.2, 0.25) is 13.1 Å². The Balaban J connectivity index is 2.21. The molecule has 1 aromatic carbocycles. The van der Waals surface area contributed by atoms with Crippen LogP contribution in [0, 0.1) is 0 Å². The van der Waals surface area contributed by atoms with Gasteiger partial charge in [0.05, 0.1) is 8.07 Å². The Hall–Kier alpha value is -1.41. The third-order valence-corrected chi connectivity index (χ3v) is 6.05. The number of hydrogen-bond acceptors (Lipinski definition) is 1. The second kappa shape index (κ2) is 4.62. The van der Waals surface area contributed by atoms with Crippen LogP contribution in [-0.4, -0.2) is 13.1 Å². The molecular formula is C14H17NSi. The molecule has 0 saturated carbocycles. The highest BCUT2D eigenvalue weighted by atomic mass is 28.3. The first-order valence-corrected chi connectivity index (χ1v) is 8.85. The fraction of sp³-hybridized carbons (Fsp3) is 0.214. The Bertz CT molecular complexity index is 437. The largest absolute Gasteiger partial charge is 0.262 e. The van der Waals surface area contributed by atoms with E-state index in [2.05, 4.69) is 60.5 Å². The van der Waals surface area contributed by atoms with E-state index in [4.69, 9.17) is 0 Å². The van der Waals surface area contributed by atoms with Crippen molar-refractivity contribution in [2.24, 2.45) is 0 Å². The van der Waals surface area contributed by atoms with E-state index in [-0.39, 0.29) is 0 Å². The van der Waals surface area contributed by atoms with Crippen molar-refractivity contribution < 1.29 is 0 Å². The van der Waals surface area contributed by atoms with Crippen molar-refractivity contribution >= 4 is 13.3 Å². The molecular weight excluding hydrogens is 210 g/mol. The Labute approximate surface area is 98.2 Å². The van der Waals surface area contributed by atoms with E-state index >= 15 is 0 Å². The molecule has 0 bridgehead atoms. The van der Waals surface area contributed by atoms with E-state index in [9.17, 15) is 0 Å². The molecule has 0 aliphatic heterocycles. The van der Waals surface area contributed by atoms with E-state index < -0.39 is 8.07 Å². The number of pyridine rings is 1. The normalized spacial score (nSPS) is 11.4. The van der Waals surface area contributed by atoms with Gasteiger partial charge >= 0.3 is 0 Å². The van der Waals surface area contributed by atoms with Crippen molar-refractivity contribution in [3.05, 3.63) is 60.4 Å². The third-order valence-electron chi connectivity index (χ3n) is 2.90. The fourth-order valence-electron chi connectivity index (χ4n) is 1.95. The van der Waals surface area contributed by atoms with Gasteiger partial charge in [-0.1, -0.05) is 54.7 Å². The minimum absolute atomic E-state index is 1.11. The van der Waals surface area contributed by atoms with Gasteiger partial charge in [0.2, 0.25) is 0 Å². The van der Waals surface area contributed by atoms with Crippen molar-refractivity contribution in [1.82, 2.24) is 4.98 Å². The number of benzene rings is 1. The van der Waals surface area contributed by atoms with Crippen LogP contribution in [-0.2, 0) is 6.04 Å². The Kier molecular flexibility index (Phi) is 3.20. The molecule has 0 amide bonds. The summed E-state index contributed by atoms with van der Waals surface area (Å²) in [6.45, 7) is 4.80. The quantitative estimate of drug-likeness (QED) is 0.735. The van der Waals surface area contributed by atoms with Crippen LogP contribution >= 0.6 is 0 Å². The second-order valence-corrected chi connectivity index (χ2v) is 9.45. The smallest absolute Gasteiger partial charge is 0.0864 e. The van der Waals surface area contributed by atoms with E-state index in [1.165, 1.54) is 10.9 Å². The highest BCUT2D eigenvalue weighted by Gasteiger charge is 2.23. The van der Waals surface area contributed by atoms with Crippen LogP contribution in [0.5, 0.6) is 0 Å². The number of aromatic nitrogens is 1. The van der Waals surface area contributed by atoms with E-state index in [0.29, 0.717) is 0 Å². The summed E-state index contributed by atoms with van der Waals surface area (Å²) in [6, 6.07) is 18.1. The van der Waals surface area contributed by atoms with Crippen molar-refractivity contribution in [1.29, 1.82) is 0 Å². The predicted molar refractivity (Wildman–Crippen MR) is 71.5 cm³/mol.